The first kappa shape index (κ1) is 18.0. The molecule has 0 unspecified atom stereocenters. The molecule has 2 heterocycles. The maximum Gasteiger partial charge on any atom is 0.419 e. The minimum Gasteiger partial charge on any atom is -0.408 e. The van der Waals surface area contributed by atoms with Crippen LogP contribution in [-0.4, -0.2) is 18.0 Å². The highest BCUT2D eigenvalue weighted by Crippen LogP contribution is 2.27. The predicted octanol–water partition coefficient (Wildman–Crippen LogP) is 2.92. The molecule has 4 rings (SSSR count). The van der Waals surface area contributed by atoms with Crippen LogP contribution >= 0.6 is 0 Å². The third-order valence-electron chi connectivity index (χ3n) is 4.44. The van der Waals surface area contributed by atoms with Crippen LogP contribution in [0.5, 0.6) is 0 Å². The number of benzene rings is 2. The molecular weight excluding hydrogens is 378 g/mol. The Hall–Kier alpha value is -3.39. The van der Waals surface area contributed by atoms with E-state index in [0.717, 1.165) is 5.56 Å². The summed E-state index contributed by atoms with van der Waals surface area (Å²) in [7, 11) is -2.34. The molecule has 0 atom stereocenters. The molecule has 0 aliphatic rings. The molecule has 142 valence electrons. The SMILES string of the molecule is Cn1c(=O)oc2cc(S(=O)(=O)N(Cc3cccnc3)c3ccccc3)ccc21. The van der Waals surface area contributed by atoms with Gasteiger partial charge in [-0.05, 0) is 35.9 Å². The number of pyridine rings is 1. The van der Waals surface area contributed by atoms with Crippen LogP contribution in [0.25, 0.3) is 11.1 Å². The molecule has 0 bridgehead atoms. The van der Waals surface area contributed by atoms with E-state index >= 15 is 0 Å². The van der Waals surface area contributed by atoms with Crippen molar-refractivity contribution in [1.82, 2.24) is 9.55 Å². The fraction of sp³-hybridized carbons (Fsp3) is 0.100. The van der Waals surface area contributed by atoms with E-state index in [2.05, 4.69) is 4.98 Å². The Labute approximate surface area is 161 Å². The summed E-state index contributed by atoms with van der Waals surface area (Å²) in [5.41, 5.74) is 2.04. The Kier molecular flexibility index (Phi) is 4.48. The molecule has 0 aliphatic carbocycles. The second-order valence-corrected chi connectivity index (χ2v) is 8.13. The van der Waals surface area contributed by atoms with E-state index in [1.54, 1.807) is 55.8 Å². The van der Waals surface area contributed by atoms with Crippen molar-refractivity contribution in [2.45, 2.75) is 11.4 Å². The van der Waals surface area contributed by atoms with Gasteiger partial charge < -0.3 is 4.42 Å². The van der Waals surface area contributed by atoms with E-state index in [-0.39, 0.29) is 17.0 Å². The smallest absolute Gasteiger partial charge is 0.408 e. The van der Waals surface area contributed by atoms with Gasteiger partial charge in [0.05, 0.1) is 22.6 Å². The average molecular weight is 395 g/mol. The third-order valence-corrected chi connectivity index (χ3v) is 6.21. The van der Waals surface area contributed by atoms with Crippen molar-refractivity contribution in [2.75, 3.05) is 4.31 Å². The summed E-state index contributed by atoms with van der Waals surface area (Å²) in [6.45, 7) is 0.122. The van der Waals surface area contributed by atoms with Gasteiger partial charge in [-0.15, -0.1) is 0 Å². The second-order valence-electron chi connectivity index (χ2n) is 6.27. The summed E-state index contributed by atoms with van der Waals surface area (Å²) in [6, 6.07) is 16.8. The van der Waals surface area contributed by atoms with Crippen molar-refractivity contribution in [3.05, 3.63) is 89.2 Å². The van der Waals surface area contributed by atoms with E-state index in [4.69, 9.17) is 4.42 Å². The molecule has 28 heavy (non-hydrogen) atoms. The standard InChI is InChI=1S/C20H17N3O4S/c1-22-18-10-9-17(12-19(18)27-20(22)24)28(25,26)23(16-7-3-2-4-8-16)14-15-6-5-11-21-13-15/h2-13H,14H2,1H3. The Morgan fingerprint density at radius 1 is 1.07 bits per heavy atom. The number of nitrogens with zero attached hydrogens (tertiary/aromatic N) is 3. The van der Waals surface area contributed by atoms with Crippen molar-refractivity contribution in [2.24, 2.45) is 7.05 Å². The zero-order chi connectivity index (χ0) is 19.7. The zero-order valence-corrected chi connectivity index (χ0v) is 15.8. The molecule has 2 aromatic heterocycles. The average Bonchev–Trinajstić information content (AvgIpc) is 3.01. The summed E-state index contributed by atoms with van der Waals surface area (Å²) >= 11 is 0. The van der Waals surface area contributed by atoms with Gasteiger partial charge in [0, 0.05) is 25.5 Å². The van der Waals surface area contributed by atoms with Crippen molar-refractivity contribution < 1.29 is 12.8 Å². The fourth-order valence-corrected chi connectivity index (χ4v) is 4.44. The highest BCUT2D eigenvalue weighted by atomic mass is 32.2. The molecular formula is C20H17N3O4S. The minimum absolute atomic E-state index is 0.0436. The maximum absolute atomic E-state index is 13.5. The van der Waals surface area contributed by atoms with E-state index in [1.807, 2.05) is 12.1 Å². The summed E-state index contributed by atoms with van der Waals surface area (Å²) < 4.78 is 34.7. The number of oxazole rings is 1. The first-order valence-corrected chi connectivity index (χ1v) is 9.97. The molecule has 0 aliphatic heterocycles. The highest BCUT2D eigenvalue weighted by Gasteiger charge is 2.26. The third kappa shape index (κ3) is 3.18. The van der Waals surface area contributed by atoms with Crippen molar-refractivity contribution in [3.8, 4) is 0 Å². The maximum atomic E-state index is 13.5. The van der Waals surface area contributed by atoms with Crippen LogP contribution in [0, 0.1) is 0 Å². The molecule has 7 nitrogen and oxygen atoms in total. The molecule has 0 saturated carbocycles. The lowest BCUT2D eigenvalue weighted by Crippen LogP contribution is -2.30. The molecule has 2 aromatic carbocycles. The number of aryl methyl sites for hydroxylation is 1. The van der Waals surface area contributed by atoms with Gasteiger partial charge in [-0.2, -0.15) is 0 Å². The van der Waals surface area contributed by atoms with E-state index < -0.39 is 15.8 Å². The van der Waals surface area contributed by atoms with E-state index in [0.29, 0.717) is 11.2 Å². The lowest BCUT2D eigenvalue weighted by atomic mass is 10.2. The summed E-state index contributed by atoms with van der Waals surface area (Å²) in [6.07, 6.45) is 3.26. The number of hydrogen-bond acceptors (Lipinski definition) is 5. The Morgan fingerprint density at radius 3 is 2.57 bits per heavy atom. The van der Waals surface area contributed by atoms with Gasteiger partial charge in [0.2, 0.25) is 0 Å². The summed E-state index contributed by atoms with van der Waals surface area (Å²) in [5, 5.41) is 0. The van der Waals surface area contributed by atoms with Crippen LogP contribution in [0.4, 0.5) is 5.69 Å². The summed E-state index contributed by atoms with van der Waals surface area (Å²) in [5.74, 6) is -0.542. The van der Waals surface area contributed by atoms with Gasteiger partial charge in [0.25, 0.3) is 10.0 Å². The number of aromatic nitrogens is 2. The lowest BCUT2D eigenvalue weighted by molar-refractivity contribution is 0.527. The van der Waals surface area contributed by atoms with Gasteiger partial charge in [0.1, 0.15) is 0 Å². The molecule has 0 amide bonds. The van der Waals surface area contributed by atoms with Crippen LogP contribution < -0.4 is 10.1 Å². The largest absolute Gasteiger partial charge is 0.419 e. The molecule has 0 fully saturated rings. The summed E-state index contributed by atoms with van der Waals surface area (Å²) in [4.78, 5) is 15.8. The Balaban J connectivity index is 1.83. The number of hydrogen-bond donors (Lipinski definition) is 0. The molecule has 0 spiro atoms. The zero-order valence-electron chi connectivity index (χ0n) is 15.0. The molecule has 0 radical (unpaired) electrons. The first-order chi connectivity index (χ1) is 13.5. The molecule has 4 aromatic rings. The first-order valence-electron chi connectivity index (χ1n) is 8.53. The van der Waals surface area contributed by atoms with Gasteiger partial charge in [0.15, 0.2) is 5.58 Å². The fourth-order valence-electron chi connectivity index (χ4n) is 2.97. The molecule has 8 heteroatoms. The van der Waals surface area contributed by atoms with Crippen LogP contribution in [0.1, 0.15) is 5.56 Å². The van der Waals surface area contributed by atoms with Gasteiger partial charge in [-0.3, -0.25) is 13.9 Å². The number of fused-ring (bicyclic) bond motifs is 1. The predicted molar refractivity (Wildman–Crippen MR) is 106 cm³/mol. The van der Waals surface area contributed by atoms with Crippen LogP contribution in [0.15, 0.2) is 87.2 Å². The van der Waals surface area contributed by atoms with Crippen LogP contribution in [-0.2, 0) is 23.6 Å². The van der Waals surface area contributed by atoms with Crippen molar-refractivity contribution >= 4 is 26.8 Å². The number of sulfonamides is 1. The molecule has 0 N–H and O–H groups in total. The number of para-hydroxylation sites is 1. The van der Waals surface area contributed by atoms with Crippen molar-refractivity contribution in [1.29, 1.82) is 0 Å². The Bertz CT molecular complexity index is 1280. The lowest BCUT2D eigenvalue weighted by Gasteiger charge is -2.24. The number of rotatable bonds is 5. The van der Waals surface area contributed by atoms with Gasteiger partial charge in [-0.1, -0.05) is 24.3 Å². The minimum atomic E-state index is -3.91. The van der Waals surface area contributed by atoms with Crippen LogP contribution in [0.3, 0.4) is 0 Å². The highest BCUT2D eigenvalue weighted by molar-refractivity contribution is 7.92. The van der Waals surface area contributed by atoms with Gasteiger partial charge >= 0.3 is 5.76 Å². The van der Waals surface area contributed by atoms with Crippen molar-refractivity contribution in [3.63, 3.8) is 0 Å². The van der Waals surface area contributed by atoms with E-state index in [1.165, 1.54) is 21.0 Å². The topological polar surface area (TPSA) is 85.4 Å². The molecule has 0 saturated heterocycles. The second kappa shape index (κ2) is 6.97. The Morgan fingerprint density at radius 2 is 1.86 bits per heavy atom. The van der Waals surface area contributed by atoms with E-state index in [9.17, 15) is 13.2 Å². The quantitative estimate of drug-likeness (QED) is 0.519. The van der Waals surface area contributed by atoms with Crippen LogP contribution in [0.2, 0.25) is 0 Å². The normalized spacial score (nSPS) is 11.6. The van der Waals surface area contributed by atoms with Gasteiger partial charge in [-0.25, -0.2) is 13.2 Å². The number of anilines is 1. The monoisotopic (exact) mass is 395 g/mol.